The van der Waals surface area contributed by atoms with Crippen molar-refractivity contribution in [2.24, 2.45) is 0 Å². The number of rotatable bonds is 5. The number of nitrogens with one attached hydrogen (secondary N) is 1. The molecule has 1 N–H and O–H groups in total. The Hall–Kier alpha value is -1.96. The van der Waals surface area contributed by atoms with E-state index >= 15 is 0 Å². The fourth-order valence-electron chi connectivity index (χ4n) is 1.98. The second-order valence-electron chi connectivity index (χ2n) is 4.81. The Kier molecular flexibility index (Phi) is 4.03. The maximum absolute atomic E-state index is 11.2. The highest BCUT2D eigenvalue weighted by Gasteiger charge is 2.28. The minimum atomic E-state index is -0.391. The molecule has 0 bridgehead atoms. The number of aromatic nitrogens is 3. The zero-order valence-corrected chi connectivity index (χ0v) is 12.6. The summed E-state index contributed by atoms with van der Waals surface area (Å²) in [5.74, 6) is 0.435. The van der Waals surface area contributed by atoms with Gasteiger partial charge in [0.15, 0.2) is 0 Å². The zero-order valence-electron chi connectivity index (χ0n) is 11.8. The molecule has 7 nitrogen and oxygen atoms in total. The molecule has 0 radical (unpaired) electrons. The molecule has 0 aliphatic heterocycles. The molecular formula is C12H17N5O2S. The Morgan fingerprint density at radius 3 is 2.65 bits per heavy atom. The maximum atomic E-state index is 11.2. The van der Waals surface area contributed by atoms with Crippen molar-refractivity contribution >= 4 is 22.8 Å². The lowest BCUT2D eigenvalue weighted by molar-refractivity contribution is -0.384. The number of nitro groups is 1. The topological polar surface area (TPSA) is 85.9 Å². The molecule has 1 unspecified atom stereocenters. The molecule has 108 valence electrons. The first-order valence-corrected chi connectivity index (χ1v) is 7.19. The second-order valence-corrected chi connectivity index (χ2v) is 5.74. The van der Waals surface area contributed by atoms with Gasteiger partial charge in [-0.25, -0.2) is 9.67 Å². The molecule has 0 amide bonds. The van der Waals surface area contributed by atoms with Gasteiger partial charge in [0.1, 0.15) is 10.7 Å². The molecule has 0 saturated heterocycles. The average Bonchev–Trinajstić information content (AvgIpc) is 2.96. The number of aryl methyl sites for hydroxylation is 1. The fourth-order valence-corrected chi connectivity index (χ4v) is 2.63. The average molecular weight is 295 g/mol. The maximum Gasteiger partial charge on any atom is 0.333 e. The Balaban J connectivity index is 2.41. The third-order valence-corrected chi connectivity index (χ3v) is 3.86. The van der Waals surface area contributed by atoms with E-state index in [2.05, 4.69) is 15.4 Å². The van der Waals surface area contributed by atoms with Crippen molar-refractivity contribution in [3.63, 3.8) is 0 Å². The first-order chi connectivity index (χ1) is 9.41. The molecule has 0 saturated carbocycles. The smallest absolute Gasteiger partial charge is 0.333 e. The van der Waals surface area contributed by atoms with E-state index in [9.17, 15) is 10.1 Å². The number of hydrogen-bond acceptors (Lipinski definition) is 6. The molecule has 2 heterocycles. The molecule has 0 aromatic carbocycles. The minimum absolute atomic E-state index is 0.0297. The second kappa shape index (κ2) is 5.58. The standard InChI is InChI=1S/C12H17N5O2S/c1-7(2)16-11(10(17(18)19)8(3)15-16)14-9(4)12-13-5-6-20-12/h5-7,9,14H,1-4H3. The molecule has 0 fully saturated rings. The molecule has 2 aromatic rings. The first kappa shape index (κ1) is 14.4. The quantitative estimate of drug-likeness (QED) is 0.675. The van der Waals surface area contributed by atoms with Crippen molar-refractivity contribution in [1.29, 1.82) is 0 Å². The van der Waals surface area contributed by atoms with Gasteiger partial charge in [0.25, 0.3) is 0 Å². The molecule has 0 aliphatic rings. The lowest BCUT2D eigenvalue weighted by Crippen LogP contribution is -2.14. The number of anilines is 1. The van der Waals surface area contributed by atoms with Gasteiger partial charge in [0, 0.05) is 17.6 Å². The van der Waals surface area contributed by atoms with Crippen LogP contribution < -0.4 is 5.32 Å². The highest BCUT2D eigenvalue weighted by Crippen LogP contribution is 2.33. The van der Waals surface area contributed by atoms with E-state index in [1.165, 1.54) is 11.3 Å². The Bertz CT molecular complexity index is 606. The van der Waals surface area contributed by atoms with Gasteiger partial charge in [0.05, 0.1) is 11.0 Å². The van der Waals surface area contributed by atoms with Crippen LogP contribution in [0.5, 0.6) is 0 Å². The SMILES string of the molecule is Cc1nn(C(C)C)c(NC(C)c2nccs2)c1[N+](=O)[O-]. The van der Waals surface area contributed by atoms with Crippen molar-refractivity contribution in [3.05, 3.63) is 32.4 Å². The van der Waals surface area contributed by atoms with Crippen LogP contribution >= 0.6 is 11.3 Å². The lowest BCUT2D eigenvalue weighted by atomic mass is 10.3. The predicted octanol–water partition coefficient (Wildman–Crippen LogP) is 3.31. The highest BCUT2D eigenvalue weighted by atomic mass is 32.1. The normalized spacial score (nSPS) is 12.7. The molecule has 0 spiro atoms. The molecular weight excluding hydrogens is 278 g/mol. The summed E-state index contributed by atoms with van der Waals surface area (Å²) in [6.07, 6.45) is 1.72. The molecule has 20 heavy (non-hydrogen) atoms. The third kappa shape index (κ3) is 2.64. The molecule has 0 aliphatic carbocycles. The minimum Gasteiger partial charge on any atom is -0.356 e. The van der Waals surface area contributed by atoms with Crippen LogP contribution in [0.15, 0.2) is 11.6 Å². The van der Waals surface area contributed by atoms with Gasteiger partial charge in [-0.05, 0) is 27.7 Å². The van der Waals surface area contributed by atoms with Gasteiger partial charge in [-0.15, -0.1) is 11.3 Å². The van der Waals surface area contributed by atoms with E-state index in [0.29, 0.717) is 11.5 Å². The van der Waals surface area contributed by atoms with Crippen LogP contribution in [0.25, 0.3) is 0 Å². The summed E-state index contributed by atoms with van der Waals surface area (Å²) in [7, 11) is 0. The van der Waals surface area contributed by atoms with Crippen molar-refractivity contribution < 1.29 is 4.92 Å². The van der Waals surface area contributed by atoms with Crippen LogP contribution in [0.3, 0.4) is 0 Å². The van der Waals surface area contributed by atoms with Gasteiger partial charge in [-0.2, -0.15) is 5.10 Å². The van der Waals surface area contributed by atoms with Gasteiger partial charge >= 0.3 is 5.69 Å². The van der Waals surface area contributed by atoms with E-state index in [0.717, 1.165) is 5.01 Å². The van der Waals surface area contributed by atoms with Crippen molar-refractivity contribution in [2.75, 3.05) is 5.32 Å². The predicted molar refractivity (Wildman–Crippen MR) is 78.2 cm³/mol. The van der Waals surface area contributed by atoms with Crippen LogP contribution in [0.4, 0.5) is 11.5 Å². The lowest BCUT2D eigenvalue weighted by Gasteiger charge is -2.15. The van der Waals surface area contributed by atoms with Crippen molar-refractivity contribution in [1.82, 2.24) is 14.8 Å². The van der Waals surface area contributed by atoms with E-state index < -0.39 is 4.92 Å². The van der Waals surface area contributed by atoms with E-state index in [1.807, 2.05) is 26.2 Å². The molecule has 8 heteroatoms. The summed E-state index contributed by atoms with van der Waals surface area (Å²) in [5.41, 5.74) is 0.444. The summed E-state index contributed by atoms with van der Waals surface area (Å²) in [6.45, 7) is 7.45. The Labute approximate surface area is 120 Å². The number of thiazole rings is 1. The van der Waals surface area contributed by atoms with Crippen LogP contribution in [0, 0.1) is 17.0 Å². The third-order valence-electron chi connectivity index (χ3n) is 2.90. The number of hydrogen-bond donors (Lipinski definition) is 1. The molecule has 1 atom stereocenters. The largest absolute Gasteiger partial charge is 0.356 e. The summed E-state index contributed by atoms with van der Waals surface area (Å²) in [4.78, 5) is 15.1. The van der Waals surface area contributed by atoms with Crippen molar-refractivity contribution in [2.45, 2.75) is 39.8 Å². The van der Waals surface area contributed by atoms with E-state index in [-0.39, 0.29) is 17.8 Å². The van der Waals surface area contributed by atoms with Crippen LogP contribution in [0.1, 0.15) is 43.6 Å². The van der Waals surface area contributed by atoms with Crippen LogP contribution in [-0.2, 0) is 0 Å². The van der Waals surface area contributed by atoms with Gasteiger partial charge in [-0.1, -0.05) is 0 Å². The van der Waals surface area contributed by atoms with Crippen LogP contribution in [0.2, 0.25) is 0 Å². The highest BCUT2D eigenvalue weighted by molar-refractivity contribution is 7.09. The van der Waals surface area contributed by atoms with Crippen LogP contribution in [-0.4, -0.2) is 19.7 Å². The van der Waals surface area contributed by atoms with Gasteiger partial charge < -0.3 is 5.32 Å². The zero-order chi connectivity index (χ0) is 14.9. The Morgan fingerprint density at radius 1 is 1.45 bits per heavy atom. The van der Waals surface area contributed by atoms with Crippen molar-refractivity contribution in [3.8, 4) is 0 Å². The molecule has 2 rings (SSSR count). The fraction of sp³-hybridized carbons (Fsp3) is 0.500. The van der Waals surface area contributed by atoms with Gasteiger partial charge in [0.2, 0.25) is 5.82 Å². The number of nitrogens with zero attached hydrogens (tertiary/aromatic N) is 4. The molecule has 2 aromatic heterocycles. The summed E-state index contributed by atoms with van der Waals surface area (Å²) < 4.78 is 1.65. The van der Waals surface area contributed by atoms with E-state index in [4.69, 9.17) is 0 Å². The Morgan fingerprint density at radius 2 is 2.15 bits per heavy atom. The monoisotopic (exact) mass is 295 g/mol. The summed E-state index contributed by atoms with van der Waals surface area (Å²) >= 11 is 1.51. The van der Waals surface area contributed by atoms with Gasteiger partial charge in [-0.3, -0.25) is 10.1 Å². The summed E-state index contributed by atoms with van der Waals surface area (Å²) in [6, 6.07) is -0.0734. The first-order valence-electron chi connectivity index (χ1n) is 6.31. The van der Waals surface area contributed by atoms with E-state index in [1.54, 1.807) is 17.8 Å². The summed E-state index contributed by atoms with van der Waals surface area (Å²) in [5, 5.41) is 21.4.